The number of amides is 2. The molecule has 0 aliphatic carbocycles. The van der Waals surface area contributed by atoms with Crippen molar-refractivity contribution < 1.29 is 18.7 Å². The van der Waals surface area contributed by atoms with Crippen LogP contribution in [-0.2, 0) is 11.3 Å². The van der Waals surface area contributed by atoms with Crippen LogP contribution < -0.4 is 10.6 Å². The van der Waals surface area contributed by atoms with Gasteiger partial charge in [-0.1, -0.05) is 18.2 Å². The van der Waals surface area contributed by atoms with E-state index in [9.17, 15) is 14.0 Å². The molecule has 136 valence electrons. The number of rotatable bonds is 6. The van der Waals surface area contributed by atoms with Crippen LogP contribution in [0.3, 0.4) is 0 Å². The molecular formula is C19H20FN3O3. The van der Waals surface area contributed by atoms with Gasteiger partial charge in [-0.05, 0) is 31.0 Å². The van der Waals surface area contributed by atoms with Crippen LogP contribution in [0.4, 0.5) is 4.39 Å². The molecule has 1 aliphatic heterocycles. The second-order valence-corrected chi connectivity index (χ2v) is 6.05. The summed E-state index contributed by atoms with van der Waals surface area (Å²) in [6.07, 6.45) is 3.38. The van der Waals surface area contributed by atoms with Gasteiger partial charge in [-0.15, -0.1) is 0 Å². The van der Waals surface area contributed by atoms with E-state index in [0.29, 0.717) is 17.7 Å². The number of nitrogens with zero attached hydrogens (tertiary/aromatic N) is 1. The summed E-state index contributed by atoms with van der Waals surface area (Å²) in [6, 6.07) is 9.17. The minimum atomic E-state index is -0.470. The maximum absolute atomic E-state index is 13.6. The first-order valence-corrected chi connectivity index (χ1v) is 8.51. The highest BCUT2D eigenvalue weighted by atomic mass is 19.1. The zero-order valence-corrected chi connectivity index (χ0v) is 14.2. The molecule has 1 fully saturated rings. The number of ether oxygens (including phenoxy) is 1. The summed E-state index contributed by atoms with van der Waals surface area (Å²) < 4.78 is 19.1. The van der Waals surface area contributed by atoms with Crippen LogP contribution in [0.2, 0.25) is 0 Å². The first-order valence-electron chi connectivity index (χ1n) is 8.51. The van der Waals surface area contributed by atoms with Crippen molar-refractivity contribution in [2.75, 3.05) is 13.2 Å². The van der Waals surface area contributed by atoms with Crippen molar-refractivity contribution in [3.63, 3.8) is 0 Å². The summed E-state index contributed by atoms with van der Waals surface area (Å²) in [7, 11) is 0. The SMILES string of the molecule is O=C(NCC1CCCO1)c1ccnc(C(=O)NCc2ccccc2F)c1. The lowest BCUT2D eigenvalue weighted by Gasteiger charge is -2.11. The van der Waals surface area contributed by atoms with Gasteiger partial charge in [0.15, 0.2) is 0 Å². The first-order chi connectivity index (χ1) is 12.6. The fourth-order valence-electron chi connectivity index (χ4n) is 2.72. The van der Waals surface area contributed by atoms with E-state index >= 15 is 0 Å². The molecule has 2 aromatic rings. The molecule has 1 saturated heterocycles. The maximum atomic E-state index is 13.6. The van der Waals surface area contributed by atoms with Crippen molar-refractivity contribution in [1.82, 2.24) is 15.6 Å². The second-order valence-electron chi connectivity index (χ2n) is 6.05. The highest BCUT2D eigenvalue weighted by Crippen LogP contribution is 2.11. The third-order valence-corrected chi connectivity index (χ3v) is 4.17. The Balaban J connectivity index is 1.58. The van der Waals surface area contributed by atoms with E-state index in [-0.39, 0.29) is 30.1 Å². The Morgan fingerprint density at radius 3 is 2.81 bits per heavy atom. The number of hydrogen-bond acceptors (Lipinski definition) is 4. The van der Waals surface area contributed by atoms with Crippen molar-refractivity contribution in [2.24, 2.45) is 0 Å². The monoisotopic (exact) mass is 357 g/mol. The molecule has 2 N–H and O–H groups in total. The number of pyridine rings is 1. The highest BCUT2D eigenvalue weighted by molar-refractivity contribution is 5.98. The van der Waals surface area contributed by atoms with Gasteiger partial charge in [0.25, 0.3) is 11.8 Å². The van der Waals surface area contributed by atoms with Gasteiger partial charge in [0.05, 0.1) is 6.10 Å². The van der Waals surface area contributed by atoms with Crippen LogP contribution in [0.5, 0.6) is 0 Å². The summed E-state index contributed by atoms with van der Waals surface area (Å²) >= 11 is 0. The Hall–Kier alpha value is -2.80. The van der Waals surface area contributed by atoms with Crippen molar-refractivity contribution in [2.45, 2.75) is 25.5 Å². The Labute approximate surface area is 150 Å². The summed E-state index contributed by atoms with van der Waals surface area (Å²) in [5, 5.41) is 5.41. The quantitative estimate of drug-likeness (QED) is 0.829. The number of benzene rings is 1. The topological polar surface area (TPSA) is 80.3 Å². The maximum Gasteiger partial charge on any atom is 0.270 e. The Morgan fingerprint density at radius 2 is 2.04 bits per heavy atom. The van der Waals surface area contributed by atoms with Crippen molar-refractivity contribution in [3.8, 4) is 0 Å². The van der Waals surface area contributed by atoms with Crippen LogP contribution >= 0.6 is 0 Å². The average molecular weight is 357 g/mol. The molecule has 0 spiro atoms. The number of nitrogens with one attached hydrogen (secondary N) is 2. The minimum Gasteiger partial charge on any atom is -0.376 e. The first kappa shape index (κ1) is 18.0. The second kappa shape index (κ2) is 8.53. The van der Waals surface area contributed by atoms with Crippen LogP contribution in [0.25, 0.3) is 0 Å². The molecule has 1 aliphatic rings. The number of carbonyl (C=O) groups excluding carboxylic acids is 2. The van der Waals surface area contributed by atoms with Gasteiger partial charge in [0.2, 0.25) is 0 Å². The average Bonchev–Trinajstić information content (AvgIpc) is 3.19. The molecule has 0 bridgehead atoms. The fourth-order valence-corrected chi connectivity index (χ4v) is 2.72. The van der Waals surface area contributed by atoms with Crippen LogP contribution in [0.1, 0.15) is 39.3 Å². The van der Waals surface area contributed by atoms with Gasteiger partial charge in [-0.2, -0.15) is 0 Å². The van der Waals surface area contributed by atoms with Gasteiger partial charge in [0.1, 0.15) is 11.5 Å². The molecule has 26 heavy (non-hydrogen) atoms. The molecule has 7 heteroatoms. The zero-order valence-electron chi connectivity index (χ0n) is 14.2. The fraction of sp³-hybridized carbons (Fsp3) is 0.316. The molecule has 1 atom stereocenters. The number of halogens is 1. The number of carbonyl (C=O) groups is 2. The van der Waals surface area contributed by atoms with Gasteiger partial charge in [-0.25, -0.2) is 4.39 Å². The van der Waals surface area contributed by atoms with Gasteiger partial charge in [0, 0.05) is 37.0 Å². The number of aromatic nitrogens is 1. The molecule has 1 aromatic carbocycles. The molecule has 3 rings (SSSR count). The Bertz CT molecular complexity index is 791. The van der Waals surface area contributed by atoms with Crippen molar-refractivity contribution >= 4 is 11.8 Å². The Morgan fingerprint density at radius 1 is 1.19 bits per heavy atom. The third kappa shape index (κ3) is 4.64. The summed E-state index contributed by atoms with van der Waals surface area (Å²) in [4.78, 5) is 28.4. The minimum absolute atomic E-state index is 0.0443. The zero-order chi connectivity index (χ0) is 18.4. The van der Waals surface area contributed by atoms with Crippen molar-refractivity contribution in [3.05, 3.63) is 65.2 Å². The summed E-state index contributed by atoms with van der Waals surface area (Å²) in [6.45, 7) is 1.21. The van der Waals surface area contributed by atoms with E-state index in [2.05, 4.69) is 15.6 Å². The van der Waals surface area contributed by atoms with E-state index in [0.717, 1.165) is 19.4 Å². The Kier molecular flexibility index (Phi) is 5.91. The van der Waals surface area contributed by atoms with E-state index in [1.807, 2.05) is 0 Å². The highest BCUT2D eigenvalue weighted by Gasteiger charge is 2.17. The van der Waals surface area contributed by atoms with Crippen molar-refractivity contribution in [1.29, 1.82) is 0 Å². The van der Waals surface area contributed by atoms with E-state index in [1.54, 1.807) is 24.3 Å². The molecule has 1 aromatic heterocycles. The smallest absolute Gasteiger partial charge is 0.270 e. The molecule has 2 amide bonds. The largest absolute Gasteiger partial charge is 0.376 e. The van der Waals surface area contributed by atoms with E-state index in [1.165, 1.54) is 18.3 Å². The summed E-state index contributed by atoms with van der Waals surface area (Å²) in [5.41, 5.74) is 0.825. The molecule has 1 unspecified atom stereocenters. The molecule has 2 heterocycles. The standard InChI is InChI=1S/C19H20FN3O3/c20-16-6-2-1-4-14(16)11-22-19(25)17-10-13(7-8-21-17)18(24)23-12-15-5-3-9-26-15/h1-2,4,6-8,10,15H,3,5,9,11-12H2,(H,22,25)(H,23,24). The van der Waals surface area contributed by atoms with Crippen LogP contribution in [0.15, 0.2) is 42.6 Å². The molecule has 0 radical (unpaired) electrons. The van der Waals surface area contributed by atoms with Crippen LogP contribution in [-0.4, -0.2) is 36.1 Å². The molecular weight excluding hydrogens is 337 g/mol. The lowest BCUT2D eigenvalue weighted by atomic mass is 10.2. The number of hydrogen-bond donors (Lipinski definition) is 2. The van der Waals surface area contributed by atoms with Gasteiger partial charge < -0.3 is 15.4 Å². The lowest BCUT2D eigenvalue weighted by Crippen LogP contribution is -2.32. The predicted molar refractivity (Wildman–Crippen MR) is 93.1 cm³/mol. The third-order valence-electron chi connectivity index (χ3n) is 4.17. The normalized spacial score (nSPS) is 16.3. The predicted octanol–water partition coefficient (Wildman–Crippen LogP) is 2.06. The molecule has 6 nitrogen and oxygen atoms in total. The van der Waals surface area contributed by atoms with E-state index in [4.69, 9.17) is 4.74 Å². The summed E-state index contributed by atoms with van der Waals surface area (Å²) in [5.74, 6) is -1.14. The van der Waals surface area contributed by atoms with Gasteiger partial charge >= 0.3 is 0 Å². The molecule has 0 saturated carbocycles. The van der Waals surface area contributed by atoms with Gasteiger partial charge in [-0.3, -0.25) is 14.6 Å². The lowest BCUT2D eigenvalue weighted by molar-refractivity contribution is 0.0857. The van der Waals surface area contributed by atoms with E-state index < -0.39 is 5.91 Å². The van der Waals surface area contributed by atoms with Crippen LogP contribution in [0, 0.1) is 5.82 Å².